The van der Waals surface area contributed by atoms with Crippen LogP contribution in [0, 0.1) is 0 Å². The molecular formula is C22H22N4O3. The van der Waals surface area contributed by atoms with Gasteiger partial charge in [-0.15, -0.1) is 0 Å². The predicted octanol–water partition coefficient (Wildman–Crippen LogP) is 3.50. The average Bonchev–Trinajstić information content (AvgIpc) is 3.35. The highest BCUT2D eigenvalue weighted by atomic mass is 16.5. The zero-order valence-corrected chi connectivity index (χ0v) is 16.3. The highest BCUT2D eigenvalue weighted by molar-refractivity contribution is 5.96. The fraction of sp³-hybridized carbons (Fsp3) is 0.227. The first kappa shape index (κ1) is 18.7. The molecule has 4 rings (SSSR count). The fourth-order valence-electron chi connectivity index (χ4n) is 3.64. The van der Waals surface area contributed by atoms with E-state index in [0.29, 0.717) is 13.0 Å². The normalized spacial score (nSPS) is 16.1. The van der Waals surface area contributed by atoms with Gasteiger partial charge >= 0.3 is 0 Å². The molecule has 0 radical (unpaired) electrons. The molecular weight excluding hydrogens is 368 g/mol. The Bertz CT molecular complexity index is 1040. The molecule has 2 heterocycles. The lowest BCUT2D eigenvalue weighted by Gasteiger charge is -2.19. The zero-order chi connectivity index (χ0) is 20.4. The summed E-state index contributed by atoms with van der Waals surface area (Å²) in [6.45, 7) is 2.05. The minimum atomic E-state index is -0.110. The third-order valence-corrected chi connectivity index (χ3v) is 5.00. The van der Waals surface area contributed by atoms with Crippen molar-refractivity contribution in [2.24, 2.45) is 0 Å². The molecule has 0 spiro atoms. The van der Waals surface area contributed by atoms with Crippen LogP contribution in [0.5, 0.6) is 5.75 Å². The lowest BCUT2D eigenvalue weighted by molar-refractivity contribution is -0.117. The second kappa shape index (κ2) is 7.79. The maximum Gasteiger partial charge on any atom is 0.229 e. The van der Waals surface area contributed by atoms with Gasteiger partial charge in [-0.3, -0.25) is 9.59 Å². The summed E-state index contributed by atoms with van der Waals surface area (Å²) in [5.74, 6) is 1.48. The topological polar surface area (TPSA) is 76.5 Å². The molecule has 1 N–H and O–H groups in total. The Balaban J connectivity index is 1.57. The third-order valence-electron chi connectivity index (χ3n) is 5.00. The lowest BCUT2D eigenvalue weighted by Crippen LogP contribution is -2.24. The molecule has 1 atom stereocenters. The van der Waals surface area contributed by atoms with Crippen molar-refractivity contribution in [1.29, 1.82) is 0 Å². The summed E-state index contributed by atoms with van der Waals surface area (Å²) in [7, 11) is 1.61. The van der Waals surface area contributed by atoms with Gasteiger partial charge in [-0.2, -0.15) is 0 Å². The maximum absolute atomic E-state index is 12.7. The minimum Gasteiger partial charge on any atom is -0.497 e. The zero-order valence-electron chi connectivity index (χ0n) is 16.3. The van der Waals surface area contributed by atoms with Crippen LogP contribution in [-0.4, -0.2) is 35.0 Å². The van der Waals surface area contributed by atoms with Gasteiger partial charge in [0.1, 0.15) is 11.6 Å². The highest BCUT2D eigenvalue weighted by Crippen LogP contribution is 2.32. The van der Waals surface area contributed by atoms with E-state index < -0.39 is 0 Å². The smallest absolute Gasteiger partial charge is 0.229 e. The molecule has 2 aromatic carbocycles. The molecule has 0 unspecified atom stereocenters. The van der Waals surface area contributed by atoms with Gasteiger partial charge in [-0.1, -0.05) is 6.07 Å². The van der Waals surface area contributed by atoms with Gasteiger partial charge < -0.3 is 19.5 Å². The Morgan fingerprint density at radius 1 is 1.21 bits per heavy atom. The number of amides is 2. The fourth-order valence-corrected chi connectivity index (χ4v) is 3.64. The largest absolute Gasteiger partial charge is 0.497 e. The maximum atomic E-state index is 12.7. The molecule has 3 aromatic rings. The standard InChI is InChI=1S/C22H22N4O3/c1-15(27)24-17-8-6-16(7-9-17)22-23-10-11-25(22)19-13-21(28)26(14-19)18-4-3-5-20(12-18)29-2/h3-12,19H,13-14H2,1-2H3,(H,24,27)/t19-/m0/s1. The van der Waals surface area contributed by atoms with E-state index in [1.165, 1.54) is 6.92 Å². The van der Waals surface area contributed by atoms with Crippen molar-refractivity contribution in [3.8, 4) is 17.1 Å². The molecule has 1 aliphatic heterocycles. The molecule has 148 valence electrons. The Kier molecular flexibility index (Phi) is 5.03. The van der Waals surface area contributed by atoms with Crippen molar-refractivity contribution in [2.75, 3.05) is 23.9 Å². The molecule has 1 aromatic heterocycles. The molecule has 7 nitrogen and oxygen atoms in total. The van der Waals surface area contributed by atoms with Crippen LogP contribution in [0.3, 0.4) is 0 Å². The summed E-state index contributed by atoms with van der Waals surface area (Å²) in [6, 6.07) is 15.0. The SMILES string of the molecule is COc1cccc(N2C[C@@H](n3ccnc3-c3ccc(NC(C)=O)cc3)CC2=O)c1. The van der Waals surface area contributed by atoms with Crippen LogP contribution in [0.2, 0.25) is 0 Å². The summed E-state index contributed by atoms with van der Waals surface area (Å²) < 4.78 is 7.33. The number of nitrogens with one attached hydrogen (secondary N) is 1. The van der Waals surface area contributed by atoms with Gasteiger partial charge in [-0.25, -0.2) is 4.98 Å². The number of imidazole rings is 1. The number of aromatic nitrogens is 2. The Morgan fingerprint density at radius 2 is 2.00 bits per heavy atom. The summed E-state index contributed by atoms with van der Waals surface area (Å²) in [6.07, 6.45) is 4.06. The van der Waals surface area contributed by atoms with E-state index in [2.05, 4.69) is 10.3 Å². The van der Waals surface area contributed by atoms with E-state index >= 15 is 0 Å². The third kappa shape index (κ3) is 3.85. The van der Waals surface area contributed by atoms with E-state index in [-0.39, 0.29) is 17.9 Å². The second-order valence-corrected chi connectivity index (χ2v) is 6.98. The first-order valence-electron chi connectivity index (χ1n) is 9.40. The lowest BCUT2D eigenvalue weighted by atomic mass is 10.1. The van der Waals surface area contributed by atoms with E-state index in [4.69, 9.17) is 4.74 Å². The van der Waals surface area contributed by atoms with E-state index in [1.807, 2.05) is 59.3 Å². The molecule has 0 bridgehead atoms. The molecule has 0 saturated carbocycles. The molecule has 0 aliphatic carbocycles. The van der Waals surface area contributed by atoms with Crippen LogP contribution in [0.25, 0.3) is 11.4 Å². The quantitative estimate of drug-likeness (QED) is 0.723. The van der Waals surface area contributed by atoms with Gasteiger partial charge in [0.2, 0.25) is 11.8 Å². The van der Waals surface area contributed by atoms with Crippen LogP contribution in [-0.2, 0) is 9.59 Å². The number of anilines is 2. The number of ether oxygens (including phenoxy) is 1. The van der Waals surface area contributed by atoms with E-state index in [0.717, 1.165) is 28.5 Å². The minimum absolute atomic E-state index is 0.0128. The van der Waals surface area contributed by atoms with Crippen molar-refractivity contribution in [1.82, 2.24) is 9.55 Å². The van der Waals surface area contributed by atoms with Gasteiger partial charge in [0, 0.05) is 55.3 Å². The summed E-state index contributed by atoms with van der Waals surface area (Å²) >= 11 is 0. The van der Waals surface area contributed by atoms with Crippen LogP contribution >= 0.6 is 0 Å². The Morgan fingerprint density at radius 3 is 2.72 bits per heavy atom. The number of hydrogen-bond acceptors (Lipinski definition) is 4. The summed E-state index contributed by atoms with van der Waals surface area (Å²) in [4.78, 5) is 30.2. The Hall–Kier alpha value is -3.61. The second-order valence-electron chi connectivity index (χ2n) is 6.98. The molecule has 29 heavy (non-hydrogen) atoms. The number of carbonyl (C=O) groups is 2. The number of rotatable bonds is 5. The van der Waals surface area contributed by atoms with Crippen molar-refractivity contribution in [3.05, 3.63) is 60.9 Å². The Labute approximate surface area is 168 Å². The van der Waals surface area contributed by atoms with Crippen molar-refractivity contribution in [2.45, 2.75) is 19.4 Å². The average molecular weight is 390 g/mol. The first-order valence-corrected chi connectivity index (χ1v) is 9.40. The van der Waals surface area contributed by atoms with E-state index in [1.54, 1.807) is 18.2 Å². The predicted molar refractivity (Wildman–Crippen MR) is 111 cm³/mol. The highest BCUT2D eigenvalue weighted by Gasteiger charge is 2.33. The van der Waals surface area contributed by atoms with Crippen LogP contribution < -0.4 is 15.0 Å². The number of nitrogens with zero attached hydrogens (tertiary/aromatic N) is 3. The molecule has 1 aliphatic rings. The number of hydrogen-bond donors (Lipinski definition) is 1. The van der Waals surface area contributed by atoms with Gasteiger partial charge in [0.15, 0.2) is 0 Å². The van der Waals surface area contributed by atoms with Crippen LogP contribution in [0.15, 0.2) is 60.9 Å². The molecule has 1 saturated heterocycles. The van der Waals surface area contributed by atoms with Gasteiger partial charge in [0.05, 0.1) is 13.2 Å². The molecule has 7 heteroatoms. The van der Waals surface area contributed by atoms with Gasteiger partial charge in [-0.05, 0) is 36.4 Å². The van der Waals surface area contributed by atoms with E-state index in [9.17, 15) is 9.59 Å². The number of methoxy groups -OCH3 is 1. The van der Waals surface area contributed by atoms with Crippen molar-refractivity contribution < 1.29 is 14.3 Å². The molecule has 2 amide bonds. The van der Waals surface area contributed by atoms with Crippen molar-refractivity contribution >= 4 is 23.2 Å². The number of benzene rings is 2. The van der Waals surface area contributed by atoms with Crippen LogP contribution in [0.4, 0.5) is 11.4 Å². The number of carbonyl (C=O) groups excluding carboxylic acids is 2. The van der Waals surface area contributed by atoms with Gasteiger partial charge in [0.25, 0.3) is 0 Å². The molecule has 1 fully saturated rings. The summed E-state index contributed by atoms with van der Waals surface area (Å²) in [5, 5.41) is 2.76. The van der Waals surface area contributed by atoms with Crippen LogP contribution in [0.1, 0.15) is 19.4 Å². The van der Waals surface area contributed by atoms with Crippen molar-refractivity contribution in [3.63, 3.8) is 0 Å². The summed E-state index contributed by atoms with van der Waals surface area (Å²) in [5.41, 5.74) is 2.49. The monoisotopic (exact) mass is 390 g/mol. The first-order chi connectivity index (χ1) is 14.0.